The largest absolute Gasteiger partial charge is 0.465 e. The summed E-state index contributed by atoms with van der Waals surface area (Å²) in [6.07, 6.45) is 0.870. The summed E-state index contributed by atoms with van der Waals surface area (Å²) in [7, 11) is 0. The van der Waals surface area contributed by atoms with Crippen molar-refractivity contribution < 1.29 is 9.90 Å². The van der Waals surface area contributed by atoms with Crippen molar-refractivity contribution >= 4 is 17.7 Å². The summed E-state index contributed by atoms with van der Waals surface area (Å²) < 4.78 is 0. The first-order valence-electron chi connectivity index (χ1n) is 6.59. The van der Waals surface area contributed by atoms with Crippen LogP contribution in [0.4, 0.5) is 4.79 Å². The summed E-state index contributed by atoms with van der Waals surface area (Å²) in [5, 5.41) is 12.1. The van der Waals surface area contributed by atoms with Gasteiger partial charge in [-0.25, -0.2) is 4.79 Å². The first-order chi connectivity index (χ1) is 9.11. The lowest BCUT2D eigenvalue weighted by Crippen LogP contribution is -2.36. The van der Waals surface area contributed by atoms with Gasteiger partial charge in [0.2, 0.25) is 0 Å². The summed E-state index contributed by atoms with van der Waals surface area (Å²) in [4.78, 5) is 13.0. The number of nitrogens with one attached hydrogen (secondary N) is 1. The molecule has 0 radical (unpaired) electrons. The van der Waals surface area contributed by atoms with Gasteiger partial charge in [0.25, 0.3) is 0 Å². The zero-order valence-electron chi connectivity index (χ0n) is 11.0. The van der Waals surface area contributed by atoms with E-state index in [1.807, 2.05) is 18.2 Å². The van der Waals surface area contributed by atoms with E-state index in [0.29, 0.717) is 0 Å². The van der Waals surface area contributed by atoms with E-state index in [2.05, 4.69) is 23.2 Å². The molecule has 2 rings (SSSR count). The topological polar surface area (TPSA) is 52.6 Å². The third-order valence-electron chi connectivity index (χ3n) is 3.64. The minimum Gasteiger partial charge on any atom is -0.465 e. The van der Waals surface area contributed by atoms with Gasteiger partial charge in [-0.15, -0.1) is 0 Å². The third-order valence-corrected chi connectivity index (χ3v) is 3.98. The van der Waals surface area contributed by atoms with Gasteiger partial charge in [0.1, 0.15) is 0 Å². The van der Waals surface area contributed by atoms with Gasteiger partial charge in [-0.05, 0) is 24.5 Å². The maximum absolute atomic E-state index is 10.7. The lowest BCUT2D eigenvalue weighted by atomic mass is 10.0. The third kappa shape index (κ3) is 3.39. The molecular weight excluding hydrogens is 264 g/mol. The number of hydrogen-bond donors (Lipinski definition) is 2. The average Bonchev–Trinajstić information content (AvgIpc) is 2.80. The van der Waals surface area contributed by atoms with Crippen molar-refractivity contribution in [3.05, 3.63) is 34.9 Å². The lowest BCUT2D eigenvalue weighted by molar-refractivity contribution is 0.187. The molecule has 2 N–H and O–H groups in total. The smallest absolute Gasteiger partial charge is 0.404 e. The Hall–Kier alpha value is -1.26. The zero-order valence-corrected chi connectivity index (χ0v) is 11.7. The Balaban J connectivity index is 2.08. The van der Waals surface area contributed by atoms with Crippen molar-refractivity contribution in [2.45, 2.75) is 31.8 Å². The molecule has 1 saturated heterocycles. The lowest BCUT2D eigenvalue weighted by Gasteiger charge is -2.28. The van der Waals surface area contributed by atoms with E-state index in [1.54, 1.807) is 0 Å². The van der Waals surface area contributed by atoms with Crippen LogP contribution in [0.5, 0.6) is 0 Å². The summed E-state index contributed by atoms with van der Waals surface area (Å²) in [5.74, 6) is 0. The van der Waals surface area contributed by atoms with E-state index in [4.69, 9.17) is 16.7 Å². The van der Waals surface area contributed by atoms with Crippen LogP contribution in [0.1, 0.15) is 31.4 Å². The number of nitrogens with zero attached hydrogens (tertiary/aromatic N) is 1. The van der Waals surface area contributed by atoms with Crippen LogP contribution >= 0.6 is 11.6 Å². The minimum atomic E-state index is -0.947. The van der Waals surface area contributed by atoms with Gasteiger partial charge in [-0.2, -0.15) is 0 Å². The molecule has 1 aliphatic heterocycles. The summed E-state index contributed by atoms with van der Waals surface area (Å²) in [6.45, 7) is 3.77. The van der Waals surface area contributed by atoms with Crippen LogP contribution in [0.2, 0.25) is 5.02 Å². The average molecular weight is 283 g/mol. The van der Waals surface area contributed by atoms with E-state index in [0.717, 1.165) is 36.5 Å². The molecule has 0 spiro atoms. The van der Waals surface area contributed by atoms with Crippen LogP contribution in [-0.2, 0) is 0 Å². The molecule has 0 saturated carbocycles. The van der Waals surface area contributed by atoms with E-state index < -0.39 is 6.09 Å². The molecule has 0 bridgehead atoms. The van der Waals surface area contributed by atoms with Crippen LogP contribution in [0.15, 0.2) is 24.3 Å². The van der Waals surface area contributed by atoms with E-state index in [1.165, 1.54) is 0 Å². The molecule has 1 amide bonds. The monoisotopic (exact) mass is 282 g/mol. The quantitative estimate of drug-likeness (QED) is 0.892. The molecular formula is C14H19ClN2O2. The molecule has 1 heterocycles. The molecule has 1 unspecified atom stereocenters. The van der Waals surface area contributed by atoms with Crippen molar-refractivity contribution in [2.75, 3.05) is 13.1 Å². The van der Waals surface area contributed by atoms with Gasteiger partial charge >= 0.3 is 6.09 Å². The first kappa shape index (κ1) is 14.2. The second-order valence-corrected chi connectivity index (χ2v) is 5.28. The van der Waals surface area contributed by atoms with Crippen molar-refractivity contribution in [3.63, 3.8) is 0 Å². The van der Waals surface area contributed by atoms with Crippen molar-refractivity contribution in [1.29, 1.82) is 0 Å². The van der Waals surface area contributed by atoms with Crippen LogP contribution in [0.3, 0.4) is 0 Å². The fourth-order valence-electron chi connectivity index (χ4n) is 2.78. The Morgan fingerprint density at radius 1 is 1.58 bits per heavy atom. The number of carboxylic acid groups (broad SMARTS) is 1. The van der Waals surface area contributed by atoms with Gasteiger partial charge < -0.3 is 10.4 Å². The zero-order chi connectivity index (χ0) is 13.8. The summed E-state index contributed by atoms with van der Waals surface area (Å²) in [5.41, 5.74) is 1.13. The Kier molecular flexibility index (Phi) is 4.66. The standard InChI is InChI=1S/C14H19ClN2O2/c1-2-13(11-5-3-4-6-12(11)15)17-8-7-10(9-17)16-14(18)19/h3-6,10,13,16H,2,7-9H2,1H3,(H,18,19)/t10-,13?/m0/s1. The molecule has 1 aromatic rings. The highest BCUT2D eigenvalue weighted by atomic mass is 35.5. The minimum absolute atomic E-state index is 0.0223. The highest BCUT2D eigenvalue weighted by Gasteiger charge is 2.29. The number of carbonyl (C=O) groups is 1. The van der Waals surface area contributed by atoms with Crippen LogP contribution in [-0.4, -0.2) is 35.2 Å². The number of hydrogen-bond acceptors (Lipinski definition) is 2. The maximum atomic E-state index is 10.7. The molecule has 5 heteroatoms. The molecule has 1 aliphatic rings. The van der Waals surface area contributed by atoms with E-state index in [9.17, 15) is 4.79 Å². The molecule has 2 atom stereocenters. The normalized spacial score (nSPS) is 21.3. The summed E-state index contributed by atoms with van der Waals surface area (Å²) >= 11 is 6.26. The molecule has 1 aromatic carbocycles. The predicted octanol–water partition coefficient (Wildman–Crippen LogP) is 3.13. The van der Waals surface area contributed by atoms with Gasteiger partial charge in [-0.3, -0.25) is 4.90 Å². The Morgan fingerprint density at radius 2 is 2.32 bits per heavy atom. The van der Waals surface area contributed by atoms with Gasteiger partial charge in [0.05, 0.1) is 0 Å². The highest BCUT2D eigenvalue weighted by Crippen LogP contribution is 2.32. The molecule has 1 fully saturated rings. The van der Waals surface area contributed by atoms with Crippen LogP contribution < -0.4 is 5.32 Å². The van der Waals surface area contributed by atoms with Crippen LogP contribution in [0, 0.1) is 0 Å². The maximum Gasteiger partial charge on any atom is 0.404 e. The number of amides is 1. The van der Waals surface area contributed by atoms with Gasteiger partial charge in [0.15, 0.2) is 0 Å². The number of rotatable bonds is 4. The Labute approximate surface area is 118 Å². The predicted molar refractivity (Wildman–Crippen MR) is 75.6 cm³/mol. The fraction of sp³-hybridized carbons (Fsp3) is 0.500. The van der Waals surface area contributed by atoms with Crippen molar-refractivity contribution in [1.82, 2.24) is 10.2 Å². The SMILES string of the molecule is CCC(c1ccccc1Cl)N1CC[C@H](NC(=O)O)C1. The number of halogens is 1. The second kappa shape index (κ2) is 6.26. The van der Waals surface area contributed by atoms with E-state index >= 15 is 0 Å². The second-order valence-electron chi connectivity index (χ2n) is 4.88. The first-order valence-corrected chi connectivity index (χ1v) is 6.97. The van der Waals surface area contributed by atoms with E-state index in [-0.39, 0.29) is 12.1 Å². The van der Waals surface area contributed by atoms with Gasteiger partial charge in [-0.1, -0.05) is 36.7 Å². The molecule has 19 heavy (non-hydrogen) atoms. The fourth-order valence-corrected chi connectivity index (χ4v) is 3.04. The van der Waals surface area contributed by atoms with Gasteiger partial charge in [0, 0.05) is 30.2 Å². The van der Waals surface area contributed by atoms with Crippen LogP contribution in [0.25, 0.3) is 0 Å². The number of likely N-dealkylation sites (tertiary alicyclic amines) is 1. The Morgan fingerprint density at radius 3 is 2.95 bits per heavy atom. The molecule has 104 valence electrons. The Bertz CT molecular complexity index is 453. The molecule has 0 aliphatic carbocycles. The highest BCUT2D eigenvalue weighted by molar-refractivity contribution is 6.31. The molecule has 0 aromatic heterocycles. The molecule has 4 nitrogen and oxygen atoms in total. The summed E-state index contributed by atoms with van der Waals surface area (Å²) in [6, 6.07) is 8.16. The van der Waals surface area contributed by atoms with Crippen molar-refractivity contribution in [3.8, 4) is 0 Å². The van der Waals surface area contributed by atoms with Crippen molar-refractivity contribution in [2.24, 2.45) is 0 Å². The number of benzene rings is 1.